The number of benzene rings is 1. The third-order valence-corrected chi connectivity index (χ3v) is 4.35. The summed E-state index contributed by atoms with van der Waals surface area (Å²) < 4.78 is 5.73. The minimum atomic E-state index is 0.161. The summed E-state index contributed by atoms with van der Waals surface area (Å²) in [6.07, 6.45) is 2.08. The summed E-state index contributed by atoms with van der Waals surface area (Å²) in [5, 5.41) is 11.7. The molecule has 0 aliphatic carbocycles. The molecule has 2 fully saturated rings. The monoisotopic (exact) mass is 285 g/mol. The van der Waals surface area contributed by atoms with Crippen molar-refractivity contribution in [2.75, 3.05) is 26.2 Å². The van der Waals surface area contributed by atoms with Crippen molar-refractivity contribution >= 4 is 5.91 Å². The number of ether oxygens (including phenoxy) is 1. The van der Waals surface area contributed by atoms with Crippen molar-refractivity contribution in [1.82, 2.24) is 10.2 Å². The van der Waals surface area contributed by atoms with Crippen LogP contribution in [0.25, 0.3) is 0 Å². The smallest absolute Gasteiger partial charge is 0.224 e. The second-order valence-electron chi connectivity index (χ2n) is 5.58. The van der Waals surface area contributed by atoms with Gasteiger partial charge in [0, 0.05) is 19.1 Å². The first-order valence-electron chi connectivity index (χ1n) is 7.42. The lowest BCUT2D eigenvalue weighted by Crippen LogP contribution is -2.47. The number of hydrogen-bond donors (Lipinski definition) is 1. The Labute approximate surface area is 124 Å². The number of carbonyl (C=O) groups is 1. The standard InChI is InChI=1S/C16H19N3O2/c17-10-12-3-5-13(6-4-12)21-9-8-19-7-1-2-14-15(19)11-18-16(14)20/h3-6,14-15H,1-2,7-9,11H2,(H,18,20). The molecule has 5 heteroatoms. The van der Waals surface area contributed by atoms with E-state index in [4.69, 9.17) is 10.00 Å². The molecule has 2 unspecified atom stereocenters. The van der Waals surface area contributed by atoms with Gasteiger partial charge in [0.25, 0.3) is 0 Å². The molecule has 0 spiro atoms. The molecule has 2 heterocycles. The number of nitrogens with one attached hydrogen (secondary N) is 1. The topological polar surface area (TPSA) is 65.4 Å². The Morgan fingerprint density at radius 1 is 1.38 bits per heavy atom. The van der Waals surface area contributed by atoms with Crippen LogP contribution in [0, 0.1) is 17.2 Å². The molecule has 0 radical (unpaired) electrons. The zero-order valence-corrected chi connectivity index (χ0v) is 11.9. The van der Waals surface area contributed by atoms with Crippen LogP contribution < -0.4 is 10.1 Å². The molecule has 0 saturated carbocycles. The first-order valence-corrected chi connectivity index (χ1v) is 7.42. The zero-order valence-electron chi connectivity index (χ0n) is 11.9. The number of nitrogens with zero attached hydrogens (tertiary/aromatic N) is 2. The van der Waals surface area contributed by atoms with Crippen LogP contribution in [-0.4, -0.2) is 43.1 Å². The fraction of sp³-hybridized carbons (Fsp3) is 0.500. The highest BCUT2D eigenvalue weighted by molar-refractivity contribution is 5.82. The van der Waals surface area contributed by atoms with Gasteiger partial charge < -0.3 is 10.1 Å². The lowest BCUT2D eigenvalue weighted by Gasteiger charge is -2.35. The number of fused-ring (bicyclic) bond motifs is 1. The number of hydrogen-bond acceptors (Lipinski definition) is 4. The van der Waals surface area contributed by atoms with Gasteiger partial charge in [-0.2, -0.15) is 5.26 Å². The van der Waals surface area contributed by atoms with Crippen molar-refractivity contribution in [1.29, 1.82) is 5.26 Å². The first kappa shape index (κ1) is 13.9. The van der Waals surface area contributed by atoms with E-state index in [9.17, 15) is 4.79 Å². The van der Waals surface area contributed by atoms with Gasteiger partial charge in [-0.1, -0.05) is 0 Å². The summed E-state index contributed by atoms with van der Waals surface area (Å²) in [5.41, 5.74) is 0.636. The second-order valence-corrected chi connectivity index (χ2v) is 5.58. The maximum absolute atomic E-state index is 11.7. The number of likely N-dealkylation sites (tertiary alicyclic amines) is 1. The average molecular weight is 285 g/mol. The number of rotatable bonds is 4. The molecule has 0 bridgehead atoms. The molecular weight excluding hydrogens is 266 g/mol. The summed E-state index contributed by atoms with van der Waals surface area (Å²) in [7, 11) is 0. The Bertz CT molecular complexity index is 550. The van der Waals surface area contributed by atoms with Crippen molar-refractivity contribution in [3.05, 3.63) is 29.8 Å². The first-order chi connectivity index (χ1) is 10.3. The van der Waals surface area contributed by atoms with Gasteiger partial charge in [0.05, 0.1) is 17.6 Å². The van der Waals surface area contributed by atoms with Gasteiger partial charge in [-0.05, 0) is 43.7 Å². The van der Waals surface area contributed by atoms with Crippen LogP contribution in [0.3, 0.4) is 0 Å². The summed E-state index contributed by atoms with van der Waals surface area (Å²) in [6.45, 7) is 3.23. The Balaban J connectivity index is 1.50. The highest BCUT2D eigenvalue weighted by Crippen LogP contribution is 2.27. The van der Waals surface area contributed by atoms with Crippen molar-refractivity contribution in [3.63, 3.8) is 0 Å². The molecule has 1 aromatic carbocycles. The molecule has 21 heavy (non-hydrogen) atoms. The Morgan fingerprint density at radius 2 is 2.19 bits per heavy atom. The Kier molecular flexibility index (Phi) is 4.07. The van der Waals surface area contributed by atoms with E-state index in [0.717, 1.165) is 38.2 Å². The molecule has 2 aliphatic rings. The summed E-state index contributed by atoms with van der Waals surface area (Å²) >= 11 is 0. The summed E-state index contributed by atoms with van der Waals surface area (Å²) in [4.78, 5) is 14.1. The minimum Gasteiger partial charge on any atom is -0.492 e. The SMILES string of the molecule is N#Cc1ccc(OCCN2CCCC3C(=O)NCC32)cc1. The van der Waals surface area contributed by atoms with Gasteiger partial charge >= 0.3 is 0 Å². The maximum atomic E-state index is 11.7. The van der Waals surface area contributed by atoms with Crippen LogP contribution in [0.15, 0.2) is 24.3 Å². The highest BCUT2D eigenvalue weighted by Gasteiger charge is 2.40. The van der Waals surface area contributed by atoms with Crippen molar-refractivity contribution in [2.45, 2.75) is 18.9 Å². The van der Waals surface area contributed by atoms with E-state index in [-0.39, 0.29) is 11.8 Å². The summed E-state index contributed by atoms with van der Waals surface area (Å²) in [6, 6.07) is 9.56. The molecule has 5 nitrogen and oxygen atoms in total. The van der Waals surface area contributed by atoms with Crippen molar-refractivity contribution in [3.8, 4) is 11.8 Å². The van der Waals surface area contributed by atoms with Gasteiger partial charge in [0.2, 0.25) is 5.91 Å². The molecular formula is C16H19N3O2. The van der Waals surface area contributed by atoms with E-state index in [1.165, 1.54) is 0 Å². The van der Waals surface area contributed by atoms with E-state index in [0.29, 0.717) is 18.2 Å². The second kappa shape index (κ2) is 6.15. The van der Waals surface area contributed by atoms with Crippen LogP contribution in [0.2, 0.25) is 0 Å². The van der Waals surface area contributed by atoms with Gasteiger partial charge in [0.1, 0.15) is 12.4 Å². The van der Waals surface area contributed by atoms with Gasteiger partial charge in [-0.25, -0.2) is 0 Å². The molecule has 3 rings (SSSR count). The quantitative estimate of drug-likeness (QED) is 0.901. The Hall–Kier alpha value is -2.06. The van der Waals surface area contributed by atoms with Crippen LogP contribution in [0.4, 0.5) is 0 Å². The van der Waals surface area contributed by atoms with Crippen LogP contribution >= 0.6 is 0 Å². The number of amides is 1. The molecule has 1 N–H and O–H groups in total. The molecule has 1 amide bonds. The lowest BCUT2D eigenvalue weighted by atomic mass is 9.91. The minimum absolute atomic E-state index is 0.161. The highest BCUT2D eigenvalue weighted by atomic mass is 16.5. The number of carbonyl (C=O) groups excluding carboxylic acids is 1. The third-order valence-electron chi connectivity index (χ3n) is 4.35. The fourth-order valence-electron chi connectivity index (χ4n) is 3.22. The van der Waals surface area contributed by atoms with Crippen molar-refractivity contribution in [2.24, 2.45) is 5.92 Å². The average Bonchev–Trinajstić information content (AvgIpc) is 2.91. The van der Waals surface area contributed by atoms with Gasteiger partial charge in [-0.3, -0.25) is 9.69 Å². The predicted octanol–water partition coefficient (Wildman–Crippen LogP) is 1.15. The fourth-order valence-corrected chi connectivity index (χ4v) is 3.22. The van der Waals surface area contributed by atoms with E-state index in [1.807, 2.05) is 12.1 Å². The lowest BCUT2D eigenvalue weighted by molar-refractivity contribution is -0.124. The van der Waals surface area contributed by atoms with Gasteiger partial charge in [0.15, 0.2) is 0 Å². The molecule has 2 aliphatic heterocycles. The van der Waals surface area contributed by atoms with E-state index < -0.39 is 0 Å². The molecule has 2 atom stereocenters. The molecule has 110 valence electrons. The predicted molar refractivity (Wildman–Crippen MR) is 77.7 cm³/mol. The normalized spacial score (nSPS) is 25.0. The molecule has 2 saturated heterocycles. The molecule has 0 aromatic heterocycles. The van der Waals surface area contributed by atoms with E-state index >= 15 is 0 Å². The summed E-state index contributed by atoms with van der Waals surface area (Å²) in [5.74, 6) is 1.15. The maximum Gasteiger partial charge on any atom is 0.224 e. The van der Waals surface area contributed by atoms with Gasteiger partial charge in [-0.15, -0.1) is 0 Å². The number of nitriles is 1. The van der Waals surface area contributed by atoms with Crippen LogP contribution in [0.5, 0.6) is 5.75 Å². The van der Waals surface area contributed by atoms with E-state index in [2.05, 4.69) is 16.3 Å². The van der Waals surface area contributed by atoms with Crippen molar-refractivity contribution < 1.29 is 9.53 Å². The Morgan fingerprint density at radius 3 is 2.95 bits per heavy atom. The third kappa shape index (κ3) is 3.01. The van der Waals surface area contributed by atoms with Crippen LogP contribution in [0.1, 0.15) is 18.4 Å². The molecule has 1 aromatic rings. The zero-order chi connectivity index (χ0) is 14.7. The number of piperidine rings is 1. The largest absolute Gasteiger partial charge is 0.492 e. The van der Waals surface area contributed by atoms with E-state index in [1.54, 1.807) is 12.1 Å². The van der Waals surface area contributed by atoms with Crippen LogP contribution in [-0.2, 0) is 4.79 Å².